The quantitative estimate of drug-likeness (QED) is 0.660. The maximum absolute atomic E-state index is 12.6. The second-order valence-electron chi connectivity index (χ2n) is 6.45. The first kappa shape index (κ1) is 20.9. The summed E-state index contributed by atoms with van der Waals surface area (Å²) in [5, 5.41) is 2.81. The van der Waals surface area contributed by atoms with Crippen LogP contribution in [0.1, 0.15) is 16.8 Å². The zero-order valence-electron chi connectivity index (χ0n) is 16.4. The Morgan fingerprint density at radius 2 is 1.83 bits per heavy atom. The molecule has 1 amide bonds. The van der Waals surface area contributed by atoms with E-state index in [0.29, 0.717) is 54.6 Å². The van der Waals surface area contributed by atoms with Gasteiger partial charge in [-0.15, -0.1) is 0 Å². The van der Waals surface area contributed by atoms with Crippen LogP contribution in [0.3, 0.4) is 0 Å². The van der Waals surface area contributed by atoms with Crippen molar-refractivity contribution in [1.29, 1.82) is 0 Å². The van der Waals surface area contributed by atoms with E-state index in [2.05, 4.69) is 5.32 Å². The summed E-state index contributed by atoms with van der Waals surface area (Å²) in [7, 11) is -0.119. The minimum absolute atomic E-state index is 0.154. The molecule has 0 unspecified atom stereocenters. The Labute approximate surface area is 170 Å². The molecule has 0 aromatic heterocycles. The molecule has 156 valence electrons. The molecule has 1 heterocycles. The predicted octanol–water partition coefficient (Wildman–Crippen LogP) is 2.51. The van der Waals surface area contributed by atoms with Gasteiger partial charge in [0, 0.05) is 31.0 Å². The van der Waals surface area contributed by atoms with Gasteiger partial charge in [-0.05, 0) is 42.8 Å². The molecular weight excluding hydrogens is 396 g/mol. The van der Waals surface area contributed by atoms with Crippen molar-refractivity contribution in [2.24, 2.45) is 0 Å². The lowest BCUT2D eigenvalue weighted by Crippen LogP contribution is -2.25. The average molecular weight is 420 g/mol. The number of carbonyl (C=O) groups excluding carboxylic acids is 1. The molecule has 0 aliphatic carbocycles. The summed E-state index contributed by atoms with van der Waals surface area (Å²) in [5.74, 6) is 0.891. The van der Waals surface area contributed by atoms with Crippen LogP contribution >= 0.6 is 0 Å². The number of carbonyl (C=O) groups is 1. The van der Waals surface area contributed by atoms with Crippen LogP contribution in [0.2, 0.25) is 0 Å². The molecule has 0 atom stereocenters. The van der Waals surface area contributed by atoms with Crippen molar-refractivity contribution < 1.29 is 27.4 Å². The van der Waals surface area contributed by atoms with E-state index in [1.54, 1.807) is 56.7 Å². The minimum atomic E-state index is -3.24. The molecule has 2 aromatic carbocycles. The van der Waals surface area contributed by atoms with E-state index in [9.17, 15) is 13.2 Å². The summed E-state index contributed by atoms with van der Waals surface area (Å²) in [5.41, 5.74) is 1.54. The number of sulfonamides is 1. The number of ether oxygens (including phenoxy) is 3. The molecule has 3 rings (SSSR count). The third kappa shape index (κ3) is 4.99. The Bertz CT molecular complexity index is 959. The maximum atomic E-state index is 12.6. The van der Waals surface area contributed by atoms with Crippen molar-refractivity contribution in [3.05, 3.63) is 48.0 Å². The van der Waals surface area contributed by atoms with Crippen LogP contribution in [-0.4, -0.2) is 54.1 Å². The van der Waals surface area contributed by atoms with Gasteiger partial charge in [-0.25, -0.2) is 8.42 Å². The highest BCUT2D eigenvalue weighted by Gasteiger charge is 2.28. The molecule has 2 aromatic rings. The Kier molecular flexibility index (Phi) is 6.60. The maximum Gasteiger partial charge on any atom is 0.255 e. The molecule has 1 N–H and O–H groups in total. The summed E-state index contributed by atoms with van der Waals surface area (Å²) >= 11 is 0. The normalized spacial score (nSPS) is 15.2. The SMILES string of the molecule is COCCOc1cc(NC(=O)c2ccc(N3CCCS3(=O)=O)cc2)ccc1OC. The molecule has 0 spiro atoms. The molecule has 0 saturated carbocycles. The number of benzene rings is 2. The number of hydrogen-bond acceptors (Lipinski definition) is 6. The van der Waals surface area contributed by atoms with Gasteiger partial charge >= 0.3 is 0 Å². The summed E-state index contributed by atoms with van der Waals surface area (Å²) in [4.78, 5) is 12.6. The third-order valence-electron chi connectivity index (χ3n) is 4.48. The van der Waals surface area contributed by atoms with Gasteiger partial charge in [0.1, 0.15) is 6.61 Å². The standard InChI is InChI=1S/C20H24N2O6S/c1-26-11-12-28-19-14-16(6-9-18(19)27-2)21-20(23)15-4-7-17(8-5-15)22-10-3-13-29(22,24)25/h4-9,14H,3,10-13H2,1-2H3,(H,21,23). The largest absolute Gasteiger partial charge is 0.493 e. The van der Waals surface area contributed by atoms with Gasteiger partial charge in [-0.2, -0.15) is 0 Å². The van der Waals surface area contributed by atoms with Gasteiger partial charge < -0.3 is 19.5 Å². The van der Waals surface area contributed by atoms with Gasteiger partial charge in [0.15, 0.2) is 11.5 Å². The highest BCUT2D eigenvalue weighted by atomic mass is 32.2. The second-order valence-corrected chi connectivity index (χ2v) is 8.46. The summed E-state index contributed by atoms with van der Waals surface area (Å²) in [6, 6.07) is 11.6. The molecule has 8 nitrogen and oxygen atoms in total. The fourth-order valence-electron chi connectivity index (χ4n) is 3.01. The second kappa shape index (κ2) is 9.15. The summed E-state index contributed by atoms with van der Waals surface area (Å²) in [6.07, 6.45) is 0.608. The lowest BCUT2D eigenvalue weighted by molar-refractivity contribution is 0.102. The fourth-order valence-corrected chi connectivity index (χ4v) is 4.58. The molecular formula is C20H24N2O6S. The first-order chi connectivity index (χ1) is 13.9. The Hall–Kier alpha value is -2.78. The van der Waals surface area contributed by atoms with E-state index < -0.39 is 10.0 Å². The predicted molar refractivity (Wildman–Crippen MR) is 111 cm³/mol. The first-order valence-electron chi connectivity index (χ1n) is 9.16. The van der Waals surface area contributed by atoms with Gasteiger partial charge in [0.2, 0.25) is 10.0 Å². The van der Waals surface area contributed by atoms with E-state index in [0.717, 1.165) is 0 Å². The number of nitrogens with zero attached hydrogens (tertiary/aromatic N) is 1. The number of methoxy groups -OCH3 is 2. The zero-order valence-corrected chi connectivity index (χ0v) is 17.2. The Morgan fingerprint density at radius 1 is 1.07 bits per heavy atom. The van der Waals surface area contributed by atoms with Crippen molar-refractivity contribution >= 4 is 27.3 Å². The number of nitrogens with one attached hydrogen (secondary N) is 1. The van der Waals surface area contributed by atoms with Crippen molar-refractivity contribution in [1.82, 2.24) is 0 Å². The molecule has 29 heavy (non-hydrogen) atoms. The average Bonchev–Trinajstić information content (AvgIpc) is 3.07. The third-order valence-corrected chi connectivity index (χ3v) is 6.35. The van der Waals surface area contributed by atoms with E-state index >= 15 is 0 Å². The number of anilines is 2. The smallest absolute Gasteiger partial charge is 0.255 e. The molecule has 9 heteroatoms. The topological polar surface area (TPSA) is 94.2 Å². The lowest BCUT2D eigenvalue weighted by Gasteiger charge is -2.17. The van der Waals surface area contributed by atoms with Crippen LogP contribution in [0.4, 0.5) is 11.4 Å². The van der Waals surface area contributed by atoms with Crippen LogP contribution in [0.15, 0.2) is 42.5 Å². The number of rotatable bonds is 8. The Balaban J connectivity index is 1.70. The van der Waals surface area contributed by atoms with E-state index in [-0.39, 0.29) is 11.7 Å². The van der Waals surface area contributed by atoms with Crippen LogP contribution < -0.4 is 19.1 Å². The van der Waals surface area contributed by atoms with E-state index in [1.807, 2.05) is 0 Å². The van der Waals surface area contributed by atoms with Crippen molar-refractivity contribution in [2.75, 3.05) is 49.4 Å². The van der Waals surface area contributed by atoms with Crippen molar-refractivity contribution in [3.63, 3.8) is 0 Å². The minimum Gasteiger partial charge on any atom is -0.493 e. The van der Waals surface area contributed by atoms with Gasteiger partial charge in [-0.3, -0.25) is 9.10 Å². The van der Waals surface area contributed by atoms with E-state index in [1.165, 1.54) is 4.31 Å². The highest BCUT2D eigenvalue weighted by molar-refractivity contribution is 7.93. The van der Waals surface area contributed by atoms with Gasteiger partial charge in [0.25, 0.3) is 5.91 Å². The number of amides is 1. The molecule has 0 radical (unpaired) electrons. The molecule has 1 fully saturated rings. The molecule has 1 aliphatic heterocycles. The zero-order chi connectivity index (χ0) is 20.9. The first-order valence-corrected chi connectivity index (χ1v) is 10.8. The molecule has 1 saturated heterocycles. The summed E-state index contributed by atoms with van der Waals surface area (Å²) in [6.45, 7) is 1.25. The highest BCUT2D eigenvalue weighted by Crippen LogP contribution is 2.30. The van der Waals surface area contributed by atoms with Crippen molar-refractivity contribution in [2.45, 2.75) is 6.42 Å². The van der Waals surface area contributed by atoms with Crippen LogP contribution in [0.25, 0.3) is 0 Å². The van der Waals surface area contributed by atoms with E-state index in [4.69, 9.17) is 14.2 Å². The van der Waals surface area contributed by atoms with Crippen molar-refractivity contribution in [3.8, 4) is 11.5 Å². The van der Waals surface area contributed by atoms with Crippen LogP contribution in [0, 0.1) is 0 Å². The molecule has 1 aliphatic rings. The van der Waals surface area contributed by atoms with Crippen LogP contribution in [0.5, 0.6) is 11.5 Å². The van der Waals surface area contributed by atoms with Gasteiger partial charge in [0.05, 0.1) is 25.2 Å². The monoisotopic (exact) mass is 420 g/mol. The number of hydrogen-bond donors (Lipinski definition) is 1. The fraction of sp³-hybridized carbons (Fsp3) is 0.350. The molecule has 0 bridgehead atoms. The Morgan fingerprint density at radius 3 is 2.45 bits per heavy atom. The summed E-state index contributed by atoms with van der Waals surface area (Å²) < 4.78 is 41.3. The lowest BCUT2D eigenvalue weighted by atomic mass is 10.2. The van der Waals surface area contributed by atoms with Crippen LogP contribution in [-0.2, 0) is 14.8 Å². The van der Waals surface area contributed by atoms with Gasteiger partial charge in [-0.1, -0.05) is 0 Å².